The fourth-order valence-electron chi connectivity index (χ4n) is 2.23. The summed E-state index contributed by atoms with van der Waals surface area (Å²) in [4.78, 5) is 13.7. The number of benzene rings is 1. The summed E-state index contributed by atoms with van der Waals surface area (Å²) < 4.78 is 53.0. The first kappa shape index (κ1) is 18.8. The van der Waals surface area contributed by atoms with Gasteiger partial charge in [-0.15, -0.1) is 0 Å². The highest BCUT2D eigenvalue weighted by atomic mass is 19.4. The quantitative estimate of drug-likeness (QED) is 0.818. The molecule has 5 nitrogen and oxygen atoms in total. The molecule has 0 spiro atoms. The Kier molecular flexibility index (Phi) is 5.66. The van der Waals surface area contributed by atoms with E-state index in [1.54, 1.807) is 24.0 Å². The van der Waals surface area contributed by atoms with Crippen molar-refractivity contribution in [2.45, 2.75) is 33.1 Å². The lowest BCUT2D eigenvalue weighted by Gasteiger charge is -2.21. The van der Waals surface area contributed by atoms with Crippen molar-refractivity contribution in [1.29, 1.82) is 0 Å². The van der Waals surface area contributed by atoms with Gasteiger partial charge in [-0.3, -0.25) is 4.68 Å². The van der Waals surface area contributed by atoms with Gasteiger partial charge in [-0.1, -0.05) is 0 Å². The fraction of sp³-hybridized carbons (Fsp3) is 0.375. The second-order valence-electron chi connectivity index (χ2n) is 5.34. The van der Waals surface area contributed by atoms with E-state index in [1.807, 2.05) is 6.92 Å². The molecule has 1 aromatic heterocycles. The molecule has 1 N–H and O–H groups in total. The van der Waals surface area contributed by atoms with E-state index in [0.717, 1.165) is 11.6 Å². The van der Waals surface area contributed by atoms with Crippen LogP contribution in [0.5, 0.6) is 0 Å². The van der Waals surface area contributed by atoms with Crippen molar-refractivity contribution in [1.82, 2.24) is 14.7 Å². The lowest BCUT2D eigenvalue weighted by Crippen LogP contribution is -2.34. The molecule has 0 fully saturated rings. The Balaban J connectivity index is 2.07. The van der Waals surface area contributed by atoms with Gasteiger partial charge >= 0.3 is 12.2 Å². The molecule has 136 valence electrons. The number of halogens is 4. The number of aryl methyl sites for hydroxylation is 1. The van der Waals surface area contributed by atoms with E-state index in [9.17, 15) is 22.4 Å². The van der Waals surface area contributed by atoms with Crippen LogP contribution in [0.2, 0.25) is 0 Å². The van der Waals surface area contributed by atoms with Gasteiger partial charge in [-0.25, -0.2) is 9.18 Å². The zero-order valence-electron chi connectivity index (χ0n) is 13.8. The molecule has 0 aliphatic rings. The second kappa shape index (κ2) is 7.54. The molecule has 0 radical (unpaired) electrons. The molecule has 2 aromatic rings. The molecule has 1 heterocycles. The van der Waals surface area contributed by atoms with Crippen LogP contribution in [0.4, 0.5) is 28.0 Å². The monoisotopic (exact) mass is 358 g/mol. The van der Waals surface area contributed by atoms with Crippen molar-refractivity contribution in [2.24, 2.45) is 0 Å². The first-order chi connectivity index (χ1) is 11.7. The number of amides is 2. The van der Waals surface area contributed by atoms with E-state index in [0.29, 0.717) is 25.2 Å². The Hall–Kier alpha value is -2.58. The van der Waals surface area contributed by atoms with Crippen LogP contribution in [0.25, 0.3) is 0 Å². The zero-order chi connectivity index (χ0) is 18.6. The third kappa shape index (κ3) is 4.71. The summed E-state index contributed by atoms with van der Waals surface area (Å²) in [5.74, 6) is -1.43. The van der Waals surface area contributed by atoms with E-state index >= 15 is 0 Å². The maximum Gasteiger partial charge on any atom is 0.419 e. The highest BCUT2D eigenvalue weighted by molar-refractivity contribution is 5.89. The highest BCUT2D eigenvalue weighted by Crippen LogP contribution is 2.32. The smallest absolute Gasteiger partial charge is 0.320 e. The van der Waals surface area contributed by atoms with E-state index in [1.165, 1.54) is 4.90 Å². The molecule has 0 saturated heterocycles. The summed E-state index contributed by atoms with van der Waals surface area (Å²) in [5.41, 5.74) is -0.597. The number of alkyl halides is 3. The SMILES string of the molecule is CCN(Cc1cnn(CC)c1)C(=O)Nc1ccc(C(F)(F)F)c(F)c1. The number of carbonyl (C=O) groups is 1. The standard InChI is InChI=1S/C16H18F4N4O/c1-3-23(9-11-8-21-24(4-2)10-11)15(25)22-12-5-6-13(14(17)7-12)16(18,19)20/h5-8,10H,3-4,9H2,1-2H3,(H,22,25). The third-order valence-electron chi connectivity index (χ3n) is 3.58. The summed E-state index contributed by atoms with van der Waals surface area (Å²) in [6.07, 6.45) is -1.34. The highest BCUT2D eigenvalue weighted by Gasteiger charge is 2.34. The van der Waals surface area contributed by atoms with E-state index < -0.39 is 23.6 Å². The number of carbonyl (C=O) groups excluding carboxylic acids is 1. The van der Waals surface area contributed by atoms with Crippen LogP contribution in [-0.2, 0) is 19.3 Å². The van der Waals surface area contributed by atoms with Crippen LogP contribution >= 0.6 is 0 Å². The minimum Gasteiger partial charge on any atom is -0.320 e. The van der Waals surface area contributed by atoms with Crippen LogP contribution in [0.1, 0.15) is 25.0 Å². The van der Waals surface area contributed by atoms with Crippen molar-refractivity contribution < 1.29 is 22.4 Å². The lowest BCUT2D eigenvalue weighted by atomic mass is 10.2. The number of nitrogens with one attached hydrogen (secondary N) is 1. The summed E-state index contributed by atoms with van der Waals surface area (Å²) in [6, 6.07) is 1.74. The predicted octanol–water partition coefficient (Wildman–Crippen LogP) is 4.11. The lowest BCUT2D eigenvalue weighted by molar-refractivity contribution is -0.139. The zero-order valence-corrected chi connectivity index (χ0v) is 13.8. The molecule has 0 saturated carbocycles. The van der Waals surface area contributed by atoms with Gasteiger partial charge in [0.05, 0.1) is 18.3 Å². The number of aromatic nitrogens is 2. The van der Waals surface area contributed by atoms with Gasteiger partial charge in [-0.2, -0.15) is 18.3 Å². The normalized spacial score (nSPS) is 11.4. The molecule has 2 amide bonds. The minimum atomic E-state index is -4.78. The van der Waals surface area contributed by atoms with Crippen LogP contribution in [0, 0.1) is 5.82 Å². The molecule has 0 unspecified atom stereocenters. The number of hydrogen-bond acceptors (Lipinski definition) is 2. The molecule has 0 bridgehead atoms. The number of nitrogens with zero attached hydrogens (tertiary/aromatic N) is 3. The van der Waals surface area contributed by atoms with E-state index in [2.05, 4.69) is 10.4 Å². The Bertz CT molecular complexity index is 742. The molecule has 9 heteroatoms. The first-order valence-electron chi connectivity index (χ1n) is 7.68. The van der Waals surface area contributed by atoms with Gasteiger partial charge in [0.2, 0.25) is 0 Å². The molecule has 0 atom stereocenters. The van der Waals surface area contributed by atoms with Crippen LogP contribution in [0.3, 0.4) is 0 Å². The minimum absolute atomic E-state index is 0.0433. The van der Waals surface area contributed by atoms with Gasteiger partial charge in [0.15, 0.2) is 0 Å². The van der Waals surface area contributed by atoms with E-state index in [4.69, 9.17) is 0 Å². The topological polar surface area (TPSA) is 50.2 Å². The molecule has 0 aliphatic heterocycles. The van der Waals surface area contributed by atoms with Crippen molar-refractivity contribution in [3.8, 4) is 0 Å². The van der Waals surface area contributed by atoms with Crippen LogP contribution in [0.15, 0.2) is 30.6 Å². The van der Waals surface area contributed by atoms with Gasteiger partial charge in [-0.05, 0) is 32.0 Å². The fourth-order valence-corrected chi connectivity index (χ4v) is 2.23. The first-order valence-corrected chi connectivity index (χ1v) is 7.68. The number of rotatable bonds is 5. The number of hydrogen-bond donors (Lipinski definition) is 1. The predicted molar refractivity (Wildman–Crippen MR) is 84.4 cm³/mol. The Morgan fingerprint density at radius 3 is 2.56 bits per heavy atom. The number of urea groups is 1. The molecule has 1 aromatic carbocycles. The Labute approximate surface area is 142 Å². The Morgan fingerprint density at radius 1 is 1.32 bits per heavy atom. The second-order valence-corrected chi connectivity index (χ2v) is 5.34. The Morgan fingerprint density at radius 2 is 2.04 bits per heavy atom. The van der Waals surface area contributed by atoms with Gasteiger partial charge in [0.25, 0.3) is 0 Å². The maximum absolute atomic E-state index is 13.6. The molecular weight excluding hydrogens is 340 g/mol. The number of anilines is 1. The van der Waals surface area contributed by atoms with Gasteiger partial charge < -0.3 is 10.2 Å². The average Bonchev–Trinajstić information content (AvgIpc) is 2.99. The third-order valence-corrected chi connectivity index (χ3v) is 3.58. The van der Waals surface area contributed by atoms with Crippen molar-refractivity contribution >= 4 is 11.7 Å². The molecule has 25 heavy (non-hydrogen) atoms. The van der Waals surface area contributed by atoms with Crippen LogP contribution < -0.4 is 5.32 Å². The largest absolute Gasteiger partial charge is 0.419 e. The molecule has 0 aliphatic carbocycles. The maximum atomic E-state index is 13.6. The average molecular weight is 358 g/mol. The summed E-state index contributed by atoms with van der Waals surface area (Å²) in [7, 11) is 0. The van der Waals surface area contributed by atoms with Crippen molar-refractivity contribution in [3.05, 3.63) is 47.5 Å². The summed E-state index contributed by atoms with van der Waals surface area (Å²) >= 11 is 0. The van der Waals surface area contributed by atoms with Crippen molar-refractivity contribution in [2.75, 3.05) is 11.9 Å². The van der Waals surface area contributed by atoms with Crippen LogP contribution in [-0.4, -0.2) is 27.3 Å². The van der Waals surface area contributed by atoms with Gasteiger partial charge in [0, 0.05) is 30.5 Å². The summed E-state index contributed by atoms with van der Waals surface area (Å²) in [6.45, 7) is 5.04. The molecular formula is C16H18F4N4O. The van der Waals surface area contributed by atoms with E-state index in [-0.39, 0.29) is 12.2 Å². The molecule has 2 rings (SSSR count). The summed E-state index contributed by atoms with van der Waals surface area (Å²) in [5, 5.41) is 6.52. The van der Waals surface area contributed by atoms with Gasteiger partial charge in [0.1, 0.15) is 5.82 Å². The van der Waals surface area contributed by atoms with Crippen molar-refractivity contribution in [3.63, 3.8) is 0 Å².